The van der Waals surface area contributed by atoms with Gasteiger partial charge in [0, 0.05) is 0 Å². The molecule has 6 heteroatoms. The molecule has 6 nitrogen and oxygen atoms in total. The summed E-state index contributed by atoms with van der Waals surface area (Å²) in [6, 6.07) is 12.4. The molecule has 0 radical (unpaired) electrons. The average Bonchev–Trinajstić information content (AvgIpc) is 2.63. The van der Waals surface area contributed by atoms with E-state index in [1.807, 2.05) is 24.3 Å². The van der Waals surface area contributed by atoms with Crippen molar-refractivity contribution >= 4 is 12.1 Å². The minimum absolute atomic E-state index is 0.0436. The van der Waals surface area contributed by atoms with Crippen molar-refractivity contribution in [2.45, 2.75) is 19.8 Å². The maximum Gasteiger partial charge on any atom is 0.277 e. The molecule has 0 spiro atoms. The largest absolute Gasteiger partial charge is 0.504 e. The van der Waals surface area contributed by atoms with Crippen LogP contribution < -0.4 is 14.9 Å². The van der Waals surface area contributed by atoms with Crippen LogP contribution in [0.2, 0.25) is 0 Å². The Morgan fingerprint density at radius 2 is 2.00 bits per heavy atom. The van der Waals surface area contributed by atoms with Crippen LogP contribution in [-0.2, 0) is 11.2 Å². The molecule has 0 aliphatic heterocycles. The van der Waals surface area contributed by atoms with Crippen LogP contribution in [0.15, 0.2) is 47.6 Å². The maximum atomic E-state index is 11.7. The predicted molar refractivity (Wildman–Crippen MR) is 96.3 cm³/mol. The topological polar surface area (TPSA) is 80.2 Å². The zero-order valence-corrected chi connectivity index (χ0v) is 14.4. The summed E-state index contributed by atoms with van der Waals surface area (Å²) in [7, 11) is 1.46. The number of nitrogens with one attached hydrogen (secondary N) is 1. The van der Waals surface area contributed by atoms with Gasteiger partial charge in [0.2, 0.25) is 0 Å². The number of hydrogen-bond acceptors (Lipinski definition) is 5. The van der Waals surface area contributed by atoms with E-state index in [9.17, 15) is 9.90 Å². The SMILES string of the molecule is CCCc1ccc(OCC(=O)NN=Cc2ccc(O)c(OC)c2)cc1. The van der Waals surface area contributed by atoms with Gasteiger partial charge in [-0.05, 0) is 47.9 Å². The molecule has 2 aromatic carbocycles. The van der Waals surface area contributed by atoms with Gasteiger partial charge in [0.1, 0.15) is 5.75 Å². The zero-order valence-electron chi connectivity index (χ0n) is 14.4. The number of aromatic hydroxyl groups is 1. The Morgan fingerprint density at radius 1 is 1.24 bits per heavy atom. The normalized spacial score (nSPS) is 10.6. The number of aryl methyl sites for hydroxylation is 1. The van der Waals surface area contributed by atoms with Gasteiger partial charge in [0.15, 0.2) is 18.1 Å². The molecule has 0 heterocycles. The summed E-state index contributed by atoms with van der Waals surface area (Å²) in [6.45, 7) is 2.01. The molecule has 0 unspecified atom stereocenters. The molecule has 0 bridgehead atoms. The molecule has 25 heavy (non-hydrogen) atoms. The summed E-state index contributed by atoms with van der Waals surface area (Å²) in [4.78, 5) is 11.7. The molecule has 2 N–H and O–H groups in total. The van der Waals surface area contributed by atoms with Gasteiger partial charge in [0.05, 0.1) is 13.3 Å². The minimum Gasteiger partial charge on any atom is -0.504 e. The molecule has 0 aromatic heterocycles. The van der Waals surface area contributed by atoms with E-state index in [1.54, 1.807) is 12.1 Å². The predicted octanol–water partition coefficient (Wildman–Crippen LogP) is 2.88. The number of methoxy groups -OCH3 is 1. The van der Waals surface area contributed by atoms with Crippen LogP contribution in [-0.4, -0.2) is 30.9 Å². The molecule has 0 aliphatic carbocycles. The molecule has 1 amide bonds. The van der Waals surface area contributed by atoms with E-state index >= 15 is 0 Å². The van der Waals surface area contributed by atoms with Crippen LogP contribution in [0.25, 0.3) is 0 Å². The quantitative estimate of drug-likeness (QED) is 0.571. The number of carbonyl (C=O) groups excluding carboxylic acids is 1. The molecule has 0 aliphatic rings. The number of amides is 1. The van der Waals surface area contributed by atoms with Crippen LogP contribution in [0.1, 0.15) is 24.5 Å². The third-order valence-electron chi connectivity index (χ3n) is 3.44. The van der Waals surface area contributed by atoms with Crippen molar-refractivity contribution in [2.24, 2.45) is 5.10 Å². The number of hydrogen-bond donors (Lipinski definition) is 2. The van der Waals surface area contributed by atoms with Crippen LogP contribution >= 0.6 is 0 Å². The Bertz CT molecular complexity index is 727. The molecule has 132 valence electrons. The summed E-state index contributed by atoms with van der Waals surface area (Å²) < 4.78 is 10.4. The van der Waals surface area contributed by atoms with Crippen LogP contribution in [0.4, 0.5) is 0 Å². The fraction of sp³-hybridized carbons (Fsp3) is 0.263. The van der Waals surface area contributed by atoms with Gasteiger partial charge in [-0.15, -0.1) is 0 Å². The lowest BCUT2D eigenvalue weighted by molar-refractivity contribution is -0.123. The third kappa shape index (κ3) is 5.84. The molecule has 2 aromatic rings. The van der Waals surface area contributed by atoms with Gasteiger partial charge in [0.25, 0.3) is 5.91 Å². The number of phenolic OH excluding ortho intramolecular Hbond substituents is 1. The summed E-state index contributed by atoms with van der Waals surface area (Å²) in [5.41, 5.74) is 4.31. The van der Waals surface area contributed by atoms with Crippen molar-refractivity contribution in [1.29, 1.82) is 0 Å². The molecular weight excluding hydrogens is 320 g/mol. The van der Waals surface area contributed by atoms with Gasteiger partial charge in [-0.3, -0.25) is 4.79 Å². The van der Waals surface area contributed by atoms with Gasteiger partial charge in [-0.2, -0.15) is 5.10 Å². The van der Waals surface area contributed by atoms with E-state index in [0.29, 0.717) is 17.1 Å². The monoisotopic (exact) mass is 342 g/mol. The van der Waals surface area contributed by atoms with Crippen molar-refractivity contribution < 1.29 is 19.4 Å². The van der Waals surface area contributed by atoms with Gasteiger partial charge >= 0.3 is 0 Å². The Kier molecular flexibility index (Phi) is 6.83. The molecule has 0 saturated carbocycles. The van der Waals surface area contributed by atoms with E-state index < -0.39 is 0 Å². The van der Waals surface area contributed by atoms with Crippen molar-refractivity contribution in [3.63, 3.8) is 0 Å². The fourth-order valence-corrected chi connectivity index (χ4v) is 2.18. The molecule has 2 rings (SSSR count). The van der Waals surface area contributed by atoms with E-state index in [4.69, 9.17) is 9.47 Å². The van der Waals surface area contributed by atoms with Crippen molar-refractivity contribution in [3.05, 3.63) is 53.6 Å². The van der Waals surface area contributed by atoms with E-state index in [1.165, 1.54) is 25.0 Å². The highest BCUT2D eigenvalue weighted by molar-refractivity contribution is 5.83. The number of benzene rings is 2. The number of carbonyl (C=O) groups is 1. The van der Waals surface area contributed by atoms with Gasteiger partial charge < -0.3 is 14.6 Å². The van der Waals surface area contributed by atoms with E-state index in [-0.39, 0.29) is 18.3 Å². The van der Waals surface area contributed by atoms with E-state index in [0.717, 1.165) is 12.8 Å². The van der Waals surface area contributed by atoms with Crippen molar-refractivity contribution in [2.75, 3.05) is 13.7 Å². The fourth-order valence-electron chi connectivity index (χ4n) is 2.18. The minimum atomic E-state index is -0.361. The second-order valence-corrected chi connectivity index (χ2v) is 5.41. The second-order valence-electron chi connectivity index (χ2n) is 5.41. The van der Waals surface area contributed by atoms with Gasteiger partial charge in [-0.1, -0.05) is 25.5 Å². The Morgan fingerprint density at radius 3 is 2.68 bits per heavy atom. The van der Waals surface area contributed by atoms with Crippen molar-refractivity contribution in [3.8, 4) is 17.2 Å². The lowest BCUT2D eigenvalue weighted by Crippen LogP contribution is -2.24. The summed E-state index contributed by atoms with van der Waals surface area (Å²) in [5, 5.41) is 13.4. The van der Waals surface area contributed by atoms with Crippen molar-refractivity contribution in [1.82, 2.24) is 5.43 Å². The standard InChI is InChI=1S/C19H22N2O4/c1-3-4-14-5-8-16(9-6-14)25-13-19(23)21-20-12-15-7-10-17(22)18(11-15)24-2/h5-12,22H,3-4,13H2,1-2H3,(H,21,23). The second kappa shape index (κ2) is 9.32. The summed E-state index contributed by atoms with van der Waals surface area (Å²) >= 11 is 0. The van der Waals surface area contributed by atoms with E-state index in [2.05, 4.69) is 17.5 Å². The smallest absolute Gasteiger partial charge is 0.277 e. The lowest BCUT2D eigenvalue weighted by Gasteiger charge is -2.06. The molecular formula is C19H22N2O4. The van der Waals surface area contributed by atoms with Crippen LogP contribution in [0.5, 0.6) is 17.2 Å². The number of rotatable bonds is 8. The zero-order chi connectivity index (χ0) is 18.1. The number of hydrazone groups is 1. The Balaban J connectivity index is 1.80. The van der Waals surface area contributed by atoms with Crippen LogP contribution in [0.3, 0.4) is 0 Å². The highest BCUT2D eigenvalue weighted by Gasteiger charge is 2.03. The first-order valence-corrected chi connectivity index (χ1v) is 8.03. The number of nitrogens with zero attached hydrogens (tertiary/aromatic N) is 1. The number of phenols is 1. The highest BCUT2D eigenvalue weighted by atomic mass is 16.5. The first-order valence-electron chi connectivity index (χ1n) is 8.03. The van der Waals surface area contributed by atoms with Gasteiger partial charge in [-0.25, -0.2) is 5.43 Å². The molecule has 0 atom stereocenters. The number of ether oxygens (including phenoxy) is 2. The Hall–Kier alpha value is -3.02. The third-order valence-corrected chi connectivity index (χ3v) is 3.44. The average molecular weight is 342 g/mol. The lowest BCUT2D eigenvalue weighted by atomic mass is 10.1. The first-order chi connectivity index (χ1) is 12.1. The highest BCUT2D eigenvalue weighted by Crippen LogP contribution is 2.25. The molecule has 0 fully saturated rings. The molecule has 0 saturated heterocycles. The first kappa shape index (κ1) is 18.3. The summed E-state index contributed by atoms with van der Waals surface area (Å²) in [6.07, 6.45) is 3.57. The maximum absolute atomic E-state index is 11.7. The summed E-state index contributed by atoms with van der Waals surface area (Å²) in [5.74, 6) is 0.661. The Labute approximate surface area is 147 Å². The van der Waals surface area contributed by atoms with Crippen LogP contribution in [0, 0.1) is 0 Å².